The van der Waals surface area contributed by atoms with E-state index >= 15 is 0 Å². The molecule has 128 valence electrons. The van der Waals surface area contributed by atoms with Crippen LogP contribution < -0.4 is 4.74 Å². The highest BCUT2D eigenvalue weighted by molar-refractivity contribution is 7.80. The smallest absolute Gasteiger partial charge is 0.419 e. The molecule has 1 aromatic rings. The van der Waals surface area contributed by atoms with Gasteiger partial charge in [-0.2, -0.15) is 13.2 Å². The van der Waals surface area contributed by atoms with E-state index in [1.54, 1.807) is 4.90 Å². The summed E-state index contributed by atoms with van der Waals surface area (Å²) < 4.78 is 49.2. The van der Waals surface area contributed by atoms with Crippen LogP contribution in [0, 0.1) is 12.3 Å². The second kappa shape index (κ2) is 7.09. The molecule has 2 rings (SSSR count). The van der Waals surface area contributed by atoms with E-state index in [-0.39, 0.29) is 22.9 Å². The zero-order valence-electron chi connectivity index (χ0n) is 12.7. The maximum absolute atomic E-state index is 13.2. The lowest BCUT2D eigenvalue weighted by Crippen LogP contribution is -2.55. The second-order valence-corrected chi connectivity index (χ2v) is 5.41. The monoisotopic (exact) mass is 357 g/mol. The number of likely N-dealkylation sites (tertiary alicyclic amines) is 1. The van der Waals surface area contributed by atoms with Gasteiger partial charge in [-0.15, -0.1) is 6.42 Å². The quantitative estimate of drug-likeness (QED) is 0.471. The normalized spacial score (nSPS) is 16.8. The maximum atomic E-state index is 13.2. The molecule has 0 N–H and O–H groups in total. The van der Waals surface area contributed by atoms with Gasteiger partial charge in [0.1, 0.15) is 23.4 Å². The minimum absolute atomic E-state index is 0.158. The Kier molecular flexibility index (Phi) is 5.34. The van der Waals surface area contributed by atoms with E-state index < -0.39 is 23.8 Å². The maximum Gasteiger partial charge on any atom is 0.419 e. The van der Waals surface area contributed by atoms with Gasteiger partial charge in [-0.3, -0.25) is 0 Å². The van der Waals surface area contributed by atoms with Crippen molar-refractivity contribution >= 4 is 23.2 Å². The van der Waals surface area contributed by atoms with Crippen LogP contribution in [0.3, 0.4) is 0 Å². The molecule has 1 fully saturated rings. The molecule has 1 aromatic carbocycles. The highest BCUT2D eigenvalue weighted by atomic mass is 32.1. The number of carbonyl (C=O) groups excluding carboxylic acids is 1. The van der Waals surface area contributed by atoms with E-state index in [1.807, 2.05) is 0 Å². The molecule has 0 unspecified atom stereocenters. The number of thiocarbonyl (C=S) groups is 1. The summed E-state index contributed by atoms with van der Waals surface area (Å²) >= 11 is 5.23. The molecule has 0 radical (unpaired) electrons. The van der Waals surface area contributed by atoms with E-state index in [9.17, 15) is 18.0 Å². The lowest BCUT2D eigenvalue weighted by Gasteiger charge is -2.40. The molecule has 4 nitrogen and oxygen atoms in total. The fraction of sp³-hybridized carbons (Fsp3) is 0.375. The lowest BCUT2D eigenvalue weighted by atomic mass is 10.0. The van der Waals surface area contributed by atoms with Gasteiger partial charge >= 0.3 is 12.1 Å². The van der Waals surface area contributed by atoms with Gasteiger partial charge in [0.15, 0.2) is 0 Å². The third-order valence-electron chi connectivity index (χ3n) is 3.60. The molecule has 0 saturated carbocycles. The number of halogens is 3. The number of methoxy groups -OCH3 is 1. The van der Waals surface area contributed by atoms with Crippen LogP contribution in [-0.4, -0.2) is 42.2 Å². The number of esters is 1. The van der Waals surface area contributed by atoms with Crippen molar-refractivity contribution in [1.29, 1.82) is 0 Å². The zero-order valence-corrected chi connectivity index (χ0v) is 13.5. The number of hydrogen-bond donors (Lipinski definition) is 0. The first-order valence-corrected chi connectivity index (χ1v) is 7.36. The first kappa shape index (κ1) is 18.1. The SMILES string of the molecule is C#CCOc1ccc(C(=S)N2CC[C@@H]2C(=O)OC)cc1C(F)(F)F. The summed E-state index contributed by atoms with van der Waals surface area (Å²) in [4.78, 5) is 13.3. The van der Waals surface area contributed by atoms with Gasteiger partial charge in [-0.25, -0.2) is 4.79 Å². The van der Waals surface area contributed by atoms with Crippen molar-refractivity contribution in [2.45, 2.75) is 18.6 Å². The lowest BCUT2D eigenvalue weighted by molar-refractivity contribution is -0.148. The third kappa shape index (κ3) is 3.62. The van der Waals surface area contributed by atoms with Crippen LogP contribution in [0.15, 0.2) is 18.2 Å². The molecule has 0 aliphatic carbocycles. The van der Waals surface area contributed by atoms with Crippen LogP contribution >= 0.6 is 12.2 Å². The van der Waals surface area contributed by atoms with Gasteiger partial charge in [-0.05, 0) is 24.6 Å². The predicted molar refractivity (Wildman–Crippen MR) is 84.6 cm³/mol. The van der Waals surface area contributed by atoms with Crippen molar-refractivity contribution in [2.75, 3.05) is 20.3 Å². The van der Waals surface area contributed by atoms with Crippen molar-refractivity contribution in [1.82, 2.24) is 4.90 Å². The summed E-state index contributed by atoms with van der Waals surface area (Å²) in [5, 5.41) is 0. The van der Waals surface area contributed by atoms with Crippen LogP contribution in [0.2, 0.25) is 0 Å². The predicted octanol–water partition coefficient (Wildman–Crippen LogP) is 2.64. The summed E-state index contributed by atoms with van der Waals surface area (Å²) in [6, 6.07) is 2.93. The first-order chi connectivity index (χ1) is 11.3. The van der Waals surface area contributed by atoms with Crippen molar-refractivity contribution in [2.24, 2.45) is 0 Å². The molecule has 8 heteroatoms. The first-order valence-electron chi connectivity index (χ1n) is 6.96. The molecule has 0 aromatic heterocycles. The summed E-state index contributed by atoms with van der Waals surface area (Å²) in [6.45, 7) is 0.207. The summed E-state index contributed by atoms with van der Waals surface area (Å²) in [7, 11) is 1.25. The van der Waals surface area contributed by atoms with Crippen LogP contribution in [-0.2, 0) is 15.7 Å². The number of ether oxygens (including phenoxy) is 2. The Morgan fingerprint density at radius 3 is 2.71 bits per heavy atom. The van der Waals surface area contributed by atoms with Crippen LogP contribution in [0.4, 0.5) is 13.2 Å². The zero-order chi connectivity index (χ0) is 17.9. The molecule has 0 bridgehead atoms. The van der Waals surface area contributed by atoms with Gasteiger partial charge in [0.2, 0.25) is 0 Å². The van der Waals surface area contributed by atoms with Gasteiger partial charge in [-0.1, -0.05) is 18.1 Å². The summed E-state index contributed by atoms with van der Waals surface area (Å²) in [5.41, 5.74) is -0.785. The van der Waals surface area contributed by atoms with Crippen molar-refractivity contribution in [3.05, 3.63) is 29.3 Å². The topological polar surface area (TPSA) is 38.8 Å². The Morgan fingerprint density at radius 1 is 1.50 bits per heavy atom. The molecule has 1 atom stereocenters. The number of alkyl halides is 3. The number of terminal acetylenes is 1. The number of rotatable bonds is 4. The van der Waals surface area contributed by atoms with Crippen molar-refractivity contribution < 1.29 is 27.4 Å². The molecule has 1 aliphatic rings. The van der Waals surface area contributed by atoms with E-state index in [0.717, 1.165) is 6.07 Å². The third-order valence-corrected chi connectivity index (χ3v) is 4.07. The minimum atomic E-state index is -4.62. The Balaban J connectivity index is 2.30. The molecule has 1 aliphatic heterocycles. The molecule has 0 spiro atoms. The fourth-order valence-corrected chi connectivity index (χ4v) is 2.65. The fourth-order valence-electron chi connectivity index (χ4n) is 2.31. The van der Waals surface area contributed by atoms with Crippen molar-refractivity contribution in [3.63, 3.8) is 0 Å². The summed E-state index contributed by atoms with van der Waals surface area (Å²) in [6.07, 6.45) is 0.933. The van der Waals surface area contributed by atoms with Gasteiger partial charge in [0.05, 0.1) is 12.7 Å². The van der Waals surface area contributed by atoms with Crippen LogP contribution in [0.25, 0.3) is 0 Å². The Morgan fingerprint density at radius 2 is 2.21 bits per heavy atom. The number of carbonyl (C=O) groups is 1. The Bertz CT molecular complexity index is 697. The Labute approximate surface area is 142 Å². The number of benzene rings is 1. The van der Waals surface area contributed by atoms with E-state index in [4.69, 9.17) is 23.4 Å². The van der Waals surface area contributed by atoms with Crippen LogP contribution in [0.5, 0.6) is 5.75 Å². The molecular formula is C16H14F3NO3S. The van der Waals surface area contributed by atoms with Gasteiger partial charge in [0.25, 0.3) is 0 Å². The van der Waals surface area contributed by atoms with E-state index in [1.165, 1.54) is 19.2 Å². The van der Waals surface area contributed by atoms with E-state index in [0.29, 0.717) is 13.0 Å². The number of nitrogens with zero attached hydrogens (tertiary/aromatic N) is 1. The summed E-state index contributed by atoms with van der Waals surface area (Å²) in [5.74, 6) is 1.29. The molecule has 1 saturated heterocycles. The number of hydrogen-bond acceptors (Lipinski definition) is 4. The average molecular weight is 357 g/mol. The Hall–Kier alpha value is -2.27. The van der Waals surface area contributed by atoms with Crippen molar-refractivity contribution in [3.8, 4) is 18.1 Å². The molecular weight excluding hydrogens is 343 g/mol. The molecule has 1 heterocycles. The highest BCUT2D eigenvalue weighted by Crippen LogP contribution is 2.37. The standard InChI is InChI=1S/C16H14F3NO3S/c1-3-8-23-13-5-4-10(9-11(13)16(17,18)19)14(24)20-7-6-12(20)15(21)22-2/h1,4-5,9,12H,6-8H2,2H3/t12-/m1/s1. The highest BCUT2D eigenvalue weighted by Gasteiger charge is 2.39. The average Bonchev–Trinajstić information content (AvgIpc) is 2.50. The second-order valence-electron chi connectivity index (χ2n) is 5.03. The molecule has 0 amide bonds. The van der Waals surface area contributed by atoms with Gasteiger partial charge < -0.3 is 14.4 Å². The van der Waals surface area contributed by atoms with E-state index in [2.05, 4.69) is 10.7 Å². The minimum Gasteiger partial charge on any atom is -0.480 e. The molecule has 24 heavy (non-hydrogen) atoms. The van der Waals surface area contributed by atoms with Crippen LogP contribution in [0.1, 0.15) is 17.5 Å². The largest absolute Gasteiger partial charge is 0.480 e. The van der Waals surface area contributed by atoms with Gasteiger partial charge in [0, 0.05) is 12.1 Å².